The maximum atomic E-state index is 9.34. The van der Waals surface area contributed by atoms with Gasteiger partial charge in [0.2, 0.25) is 0 Å². The Hall–Kier alpha value is -1.91. The summed E-state index contributed by atoms with van der Waals surface area (Å²) in [5.74, 6) is 0.624. The van der Waals surface area contributed by atoms with E-state index in [9.17, 15) is 5.26 Å². The van der Waals surface area contributed by atoms with Gasteiger partial charge in [-0.1, -0.05) is 23.2 Å². The van der Waals surface area contributed by atoms with E-state index in [1.54, 1.807) is 19.5 Å². The van der Waals surface area contributed by atoms with E-state index in [4.69, 9.17) is 27.9 Å². The molecule has 0 unspecified atom stereocenters. The molecule has 0 aromatic carbocycles. The molecule has 2 aromatic heterocycles. The van der Waals surface area contributed by atoms with Crippen LogP contribution in [0.25, 0.3) is 11.1 Å². The van der Waals surface area contributed by atoms with Gasteiger partial charge in [0.25, 0.3) is 0 Å². The Balaban J connectivity index is 1.40. The van der Waals surface area contributed by atoms with Gasteiger partial charge in [-0.15, -0.1) is 0 Å². The van der Waals surface area contributed by atoms with Crippen LogP contribution >= 0.6 is 23.2 Å². The van der Waals surface area contributed by atoms with Gasteiger partial charge in [0.05, 0.1) is 28.8 Å². The van der Waals surface area contributed by atoms with Gasteiger partial charge in [-0.2, -0.15) is 5.26 Å². The molecule has 0 aliphatic heterocycles. The summed E-state index contributed by atoms with van der Waals surface area (Å²) in [6.45, 7) is 3.49. The normalized spacial score (nSPS) is 22.1. The Labute approximate surface area is 212 Å². The standard InChI is InChI=1S/C26H33Cl2N5O/c1-17(14-34-2)33-20-5-3-18(4-6-20)9-21-11-22(23(27)13-30-21)19-10-24(25(28)31-12-19)32-16-26(15-29)7-8-26/h10-13,17-18,20,32-33H,3-9,14,16H2,1-2H3/t17-,18?,20?/m0/s1. The van der Waals surface area contributed by atoms with Gasteiger partial charge in [-0.25, -0.2) is 4.98 Å². The van der Waals surface area contributed by atoms with Crippen LogP contribution in [0.5, 0.6) is 0 Å². The highest BCUT2D eigenvalue weighted by atomic mass is 35.5. The summed E-state index contributed by atoms with van der Waals surface area (Å²) in [4.78, 5) is 8.97. The zero-order valence-corrected chi connectivity index (χ0v) is 21.4. The van der Waals surface area contributed by atoms with Gasteiger partial charge in [-0.3, -0.25) is 4.98 Å². The van der Waals surface area contributed by atoms with Gasteiger partial charge in [0, 0.05) is 55.0 Å². The molecule has 2 fully saturated rings. The number of nitriles is 1. The second-order valence-corrected chi connectivity index (χ2v) is 10.7. The molecule has 34 heavy (non-hydrogen) atoms. The van der Waals surface area contributed by atoms with Crippen molar-refractivity contribution in [2.75, 3.05) is 25.6 Å². The van der Waals surface area contributed by atoms with Crippen LogP contribution in [0.3, 0.4) is 0 Å². The Bertz CT molecular complexity index is 1030. The number of pyridine rings is 2. The van der Waals surface area contributed by atoms with E-state index in [2.05, 4.69) is 39.7 Å². The number of rotatable bonds is 10. The fraction of sp³-hybridized carbons (Fsp3) is 0.577. The van der Waals surface area contributed by atoms with Crippen molar-refractivity contribution < 1.29 is 4.74 Å². The van der Waals surface area contributed by atoms with Crippen molar-refractivity contribution in [2.45, 2.75) is 64.0 Å². The molecule has 0 radical (unpaired) electrons. The Morgan fingerprint density at radius 1 is 1.18 bits per heavy atom. The lowest BCUT2D eigenvalue weighted by atomic mass is 9.83. The number of methoxy groups -OCH3 is 1. The highest BCUT2D eigenvalue weighted by Crippen LogP contribution is 2.45. The molecule has 2 N–H and O–H groups in total. The van der Waals surface area contributed by atoms with Crippen LogP contribution in [0.1, 0.15) is 51.1 Å². The third-order valence-corrected chi connectivity index (χ3v) is 7.65. The second kappa shape index (κ2) is 11.2. The average molecular weight is 502 g/mol. The van der Waals surface area contributed by atoms with Crippen LogP contribution in [0.15, 0.2) is 24.5 Å². The number of hydrogen-bond acceptors (Lipinski definition) is 6. The average Bonchev–Trinajstić information content (AvgIpc) is 3.62. The van der Waals surface area contributed by atoms with Crippen LogP contribution in [-0.4, -0.2) is 42.3 Å². The number of aromatic nitrogens is 2. The van der Waals surface area contributed by atoms with Crippen molar-refractivity contribution in [1.82, 2.24) is 15.3 Å². The van der Waals surface area contributed by atoms with E-state index in [-0.39, 0.29) is 5.41 Å². The summed E-state index contributed by atoms with van der Waals surface area (Å²) in [5, 5.41) is 17.3. The minimum Gasteiger partial charge on any atom is -0.383 e. The molecule has 0 bridgehead atoms. The Morgan fingerprint density at radius 3 is 2.62 bits per heavy atom. The lowest BCUT2D eigenvalue weighted by Crippen LogP contribution is -2.41. The predicted molar refractivity (Wildman–Crippen MR) is 137 cm³/mol. The van der Waals surface area contributed by atoms with E-state index < -0.39 is 0 Å². The molecule has 2 saturated carbocycles. The van der Waals surface area contributed by atoms with E-state index >= 15 is 0 Å². The predicted octanol–water partition coefficient (Wildman–Crippen LogP) is 5.89. The third kappa shape index (κ3) is 6.40. The maximum Gasteiger partial charge on any atom is 0.152 e. The molecule has 2 aromatic rings. The summed E-state index contributed by atoms with van der Waals surface area (Å²) < 4.78 is 5.24. The molecule has 2 aliphatic carbocycles. The summed E-state index contributed by atoms with van der Waals surface area (Å²) in [5.41, 5.74) is 3.31. The molecule has 8 heteroatoms. The molecule has 0 amide bonds. The lowest BCUT2D eigenvalue weighted by molar-refractivity contribution is 0.158. The van der Waals surface area contributed by atoms with E-state index in [0.717, 1.165) is 48.4 Å². The fourth-order valence-corrected chi connectivity index (χ4v) is 5.19. The minimum atomic E-state index is -0.267. The lowest BCUT2D eigenvalue weighted by Gasteiger charge is -2.31. The molecule has 182 valence electrons. The molecule has 2 heterocycles. The molecule has 4 rings (SSSR count). The smallest absolute Gasteiger partial charge is 0.152 e. The topological polar surface area (TPSA) is 82.9 Å². The van der Waals surface area contributed by atoms with Crippen molar-refractivity contribution in [3.05, 3.63) is 40.4 Å². The SMILES string of the molecule is COC[C@H](C)NC1CCC(Cc2cc(-c3cnc(Cl)c(NCC4(C#N)CC4)c3)c(Cl)cn2)CC1. The molecular formula is C26H33Cl2N5O. The number of anilines is 1. The highest BCUT2D eigenvalue weighted by molar-refractivity contribution is 6.33. The van der Waals surface area contributed by atoms with Crippen molar-refractivity contribution in [3.63, 3.8) is 0 Å². The van der Waals surface area contributed by atoms with Crippen LogP contribution < -0.4 is 10.6 Å². The molecule has 0 spiro atoms. The third-order valence-electron chi connectivity index (χ3n) is 7.05. The number of ether oxygens (including phenoxy) is 1. The zero-order valence-electron chi connectivity index (χ0n) is 19.9. The summed E-state index contributed by atoms with van der Waals surface area (Å²) in [6, 6.07) is 7.39. The molecule has 2 aliphatic rings. The van der Waals surface area contributed by atoms with Gasteiger partial charge in [0.1, 0.15) is 0 Å². The van der Waals surface area contributed by atoms with E-state index in [1.807, 2.05) is 6.07 Å². The van der Waals surface area contributed by atoms with Gasteiger partial charge < -0.3 is 15.4 Å². The summed E-state index contributed by atoms with van der Waals surface area (Å²) in [7, 11) is 1.75. The summed E-state index contributed by atoms with van der Waals surface area (Å²) >= 11 is 12.9. The number of halogens is 2. The Kier molecular flexibility index (Phi) is 8.31. The van der Waals surface area contributed by atoms with Crippen LogP contribution in [0.2, 0.25) is 10.2 Å². The first-order valence-electron chi connectivity index (χ1n) is 12.1. The van der Waals surface area contributed by atoms with Crippen molar-refractivity contribution in [3.8, 4) is 17.2 Å². The van der Waals surface area contributed by atoms with Crippen molar-refractivity contribution >= 4 is 28.9 Å². The van der Waals surface area contributed by atoms with Crippen molar-refractivity contribution in [1.29, 1.82) is 5.26 Å². The molecule has 6 nitrogen and oxygen atoms in total. The first-order chi connectivity index (χ1) is 16.4. The number of nitrogens with zero attached hydrogens (tertiary/aromatic N) is 3. The van der Waals surface area contributed by atoms with Crippen molar-refractivity contribution in [2.24, 2.45) is 11.3 Å². The molecule has 0 saturated heterocycles. The maximum absolute atomic E-state index is 9.34. The number of nitrogens with one attached hydrogen (secondary N) is 2. The zero-order chi connectivity index (χ0) is 24.1. The Morgan fingerprint density at radius 2 is 1.94 bits per heavy atom. The quantitative estimate of drug-likeness (QED) is 0.394. The van der Waals surface area contributed by atoms with Crippen LogP contribution in [0, 0.1) is 22.7 Å². The van der Waals surface area contributed by atoms with Gasteiger partial charge in [0.15, 0.2) is 5.15 Å². The molecular weight excluding hydrogens is 469 g/mol. The monoisotopic (exact) mass is 501 g/mol. The fourth-order valence-electron chi connectivity index (χ4n) is 4.81. The number of hydrogen-bond donors (Lipinski definition) is 2. The minimum absolute atomic E-state index is 0.267. The van der Waals surface area contributed by atoms with E-state index in [0.29, 0.717) is 34.7 Å². The first kappa shape index (κ1) is 25.2. The van der Waals surface area contributed by atoms with Crippen LogP contribution in [0.4, 0.5) is 5.69 Å². The first-order valence-corrected chi connectivity index (χ1v) is 12.9. The van der Waals surface area contributed by atoms with Gasteiger partial charge in [-0.05, 0) is 69.9 Å². The largest absolute Gasteiger partial charge is 0.383 e. The summed E-state index contributed by atoms with van der Waals surface area (Å²) in [6.07, 6.45) is 11.0. The van der Waals surface area contributed by atoms with Gasteiger partial charge >= 0.3 is 0 Å². The van der Waals surface area contributed by atoms with E-state index in [1.165, 1.54) is 25.7 Å². The second-order valence-electron chi connectivity index (χ2n) is 9.91. The molecule has 1 atom stereocenters. The van der Waals surface area contributed by atoms with Crippen LogP contribution in [-0.2, 0) is 11.2 Å². The highest BCUT2D eigenvalue weighted by Gasteiger charge is 2.43.